The Bertz CT molecular complexity index is 501. The largest absolute Gasteiger partial charge is 0.491 e. The summed E-state index contributed by atoms with van der Waals surface area (Å²) in [4.78, 5) is 13.1. The van der Waals surface area contributed by atoms with Crippen molar-refractivity contribution >= 4 is 40.9 Å². The first kappa shape index (κ1) is 16.7. The predicted molar refractivity (Wildman–Crippen MR) is 86.9 cm³/mol. The number of benzene rings is 1. The molecule has 1 aliphatic heterocycles. The van der Waals surface area contributed by atoms with Gasteiger partial charge in [-0.05, 0) is 18.2 Å². The lowest BCUT2D eigenvalue weighted by atomic mass is 10.2. The van der Waals surface area contributed by atoms with E-state index < -0.39 is 5.97 Å². The van der Waals surface area contributed by atoms with Crippen molar-refractivity contribution < 1.29 is 14.6 Å². The SMILES string of the molecule is O=C(O)CC1CSCCN1CCOc1ccc(Cl)cc1Cl. The summed E-state index contributed by atoms with van der Waals surface area (Å²) in [5.74, 6) is 1.72. The van der Waals surface area contributed by atoms with Crippen LogP contribution in [0.25, 0.3) is 0 Å². The van der Waals surface area contributed by atoms with Crippen molar-refractivity contribution in [1.82, 2.24) is 4.90 Å². The molecular formula is C14H17Cl2NO3S. The van der Waals surface area contributed by atoms with Gasteiger partial charge < -0.3 is 9.84 Å². The Labute approximate surface area is 138 Å². The molecule has 21 heavy (non-hydrogen) atoms. The van der Waals surface area contributed by atoms with Crippen molar-refractivity contribution in [2.45, 2.75) is 12.5 Å². The lowest BCUT2D eigenvalue weighted by molar-refractivity contribution is -0.138. The lowest BCUT2D eigenvalue weighted by Gasteiger charge is -2.34. The zero-order valence-corrected chi connectivity index (χ0v) is 13.8. The number of carbonyl (C=O) groups is 1. The molecule has 1 heterocycles. The fourth-order valence-corrected chi connectivity index (χ4v) is 3.83. The van der Waals surface area contributed by atoms with E-state index in [1.165, 1.54) is 0 Å². The van der Waals surface area contributed by atoms with Gasteiger partial charge in [0.05, 0.1) is 11.4 Å². The monoisotopic (exact) mass is 349 g/mol. The van der Waals surface area contributed by atoms with Crippen LogP contribution in [0.5, 0.6) is 5.75 Å². The molecule has 0 aromatic heterocycles. The van der Waals surface area contributed by atoms with Gasteiger partial charge in [-0.25, -0.2) is 0 Å². The van der Waals surface area contributed by atoms with E-state index in [1.54, 1.807) is 30.0 Å². The van der Waals surface area contributed by atoms with Crippen LogP contribution in [0.3, 0.4) is 0 Å². The van der Waals surface area contributed by atoms with Gasteiger partial charge in [0.25, 0.3) is 0 Å². The predicted octanol–water partition coefficient (Wildman–Crippen LogP) is 3.26. The number of carboxylic acid groups (broad SMARTS) is 1. The molecule has 1 saturated heterocycles. The molecule has 0 aliphatic carbocycles. The summed E-state index contributed by atoms with van der Waals surface area (Å²) < 4.78 is 5.66. The fourth-order valence-electron chi connectivity index (χ4n) is 2.24. The highest BCUT2D eigenvalue weighted by atomic mass is 35.5. The van der Waals surface area contributed by atoms with E-state index in [9.17, 15) is 4.79 Å². The van der Waals surface area contributed by atoms with Gasteiger partial charge in [-0.3, -0.25) is 9.69 Å². The normalized spacial score (nSPS) is 19.4. The average Bonchev–Trinajstić information content (AvgIpc) is 2.42. The summed E-state index contributed by atoms with van der Waals surface area (Å²) in [5, 5.41) is 10.0. The molecule has 0 radical (unpaired) electrons. The average molecular weight is 350 g/mol. The second-order valence-corrected chi connectivity index (χ2v) is 6.78. The van der Waals surface area contributed by atoms with Crippen LogP contribution in [0.15, 0.2) is 18.2 Å². The smallest absolute Gasteiger partial charge is 0.304 e. The van der Waals surface area contributed by atoms with Crippen molar-refractivity contribution in [3.05, 3.63) is 28.2 Å². The minimum atomic E-state index is -0.755. The molecule has 1 fully saturated rings. The molecule has 0 bridgehead atoms. The van der Waals surface area contributed by atoms with Crippen molar-refractivity contribution in [3.63, 3.8) is 0 Å². The Morgan fingerprint density at radius 1 is 1.48 bits per heavy atom. The number of hydrogen-bond acceptors (Lipinski definition) is 4. The molecule has 116 valence electrons. The molecule has 4 nitrogen and oxygen atoms in total. The van der Waals surface area contributed by atoms with Crippen LogP contribution < -0.4 is 4.74 Å². The fraction of sp³-hybridized carbons (Fsp3) is 0.500. The van der Waals surface area contributed by atoms with Gasteiger partial charge in [-0.1, -0.05) is 23.2 Å². The van der Waals surface area contributed by atoms with Crippen molar-refractivity contribution in [1.29, 1.82) is 0 Å². The van der Waals surface area contributed by atoms with E-state index in [4.69, 9.17) is 33.0 Å². The molecule has 0 saturated carbocycles. The molecule has 1 N–H and O–H groups in total. The van der Waals surface area contributed by atoms with Gasteiger partial charge in [0.2, 0.25) is 0 Å². The minimum Gasteiger partial charge on any atom is -0.491 e. The van der Waals surface area contributed by atoms with Crippen LogP contribution in [-0.2, 0) is 4.79 Å². The molecule has 0 amide bonds. The van der Waals surface area contributed by atoms with Gasteiger partial charge in [-0.2, -0.15) is 11.8 Å². The highest BCUT2D eigenvalue weighted by Crippen LogP contribution is 2.27. The Hall–Kier alpha value is -0.620. The molecule has 0 spiro atoms. The summed E-state index contributed by atoms with van der Waals surface area (Å²) in [6.07, 6.45) is 0.175. The number of halogens is 2. The van der Waals surface area contributed by atoms with Gasteiger partial charge in [-0.15, -0.1) is 0 Å². The topological polar surface area (TPSA) is 49.8 Å². The van der Waals surface area contributed by atoms with Crippen LogP contribution in [0, 0.1) is 0 Å². The maximum Gasteiger partial charge on any atom is 0.304 e. The number of ether oxygens (including phenoxy) is 1. The highest BCUT2D eigenvalue weighted by Gasteiger charge is 2.24. The minimum absolute atomic E-state index is 0.0746. The third kappa shape index (κ3) is 5.25. The van der Waals surface area contributed by atoms with Crippen LogP contribution in [0.1, 0.15) is 6.42 Å². The van der Waals surface area contributed by atoms with Gasteiger partial charge in [0.15, 0.2) is 0 Å². The maximum atomic E-state index is 10.9. The number of carboxylic acids is 1. The number of rotatable bonds is 6. The first-order chi connectivity index (χ1) is 10.1. The quantitative estimate of drug-likeness (QED) is 0.853. The third-order valence-corrected chi connectivity index (χ3v) is 4.91. The van der Waals surface area contributed by atoms with E-state index in [1.807, 2.05) is 0 Å². The Kier molecular flexibility index (Phi) is 6.48. The molecule has 1 aliphatic rings. The summed E-state index contributed by atoms with van der Waals surface area (Å²) in [6.45, 7) is 2.06. The lowest BCUT2D eigenvalue weighted by Crippen LogP contribution is -2.45. The van der Waals surface area contributed by atoms with Gasteiger partial charge >= 0.3 is 5.97 Å². The summed E-state index contributed by atoms with van der Waals surface area (Å²) in [6, 6.07) is 5.19. The molecule has 1 unspecified atom stereocenters. The summed E-state index contributed by atoms with van der Waals surface area (Å²) >= 11 is 13.7. The standard InChI is InChI=1S/C14H17Cl2NO3S/c15-10-1-2-13(12(16)7-10)20-5-3-17-4-6-21-9-11(17)8-14(18)19/h1-2,7,11H,3-6,8-9H2,(H,18,19). The maximum absolute atomic E-state index is 10.9. The van der Waals surface area contributed by atoms with Crippen molar-refractivity contribution in [2.75, 3.05) is 31.2 Å². The van der Waals surface area contributed by atoms with Gasteiger partial charge in [0, 0.05) is 35.7 Å². The zero-order valence-electron chi connectivity index (χ0n) is 11.4. The van der Waals surface area contributed by atoms with Crippen LogP contribution >= 0.6 is 35.0 Å². The first-order valence-electron chi connectivity index (χ1n) is 6.67. The van der Waals surface area contributed by atoms with E-state index in [2.05, 4.69) is 4.90 Å². The van der Waals surface area contributed by atoms with Crippen molar-refractivity contribution in [3.8, 4) is 5.75 Å². The highest BCUT2D eigenvalue weighted by molar-refractivity contribution is 7.99. The van der Waals surface area contributed by atoms with Crippen LogP contribution in [-0.4, -0.2) is 53.2 Å². The molecule has 1 aromatic carbocycles. The van der Waals surface area contributed by atoms with E-state index in [0.717, 1.165) is 18.1 Å². The number of aliphatic carboxylic acids is 1. The molecule has 7 heteroatoms. The van der Waals surface area contributed by atoms with E-state index >= 15 is 0 Å². The Morgan fingerprint density at radius 2 is 2.29 bits per heavy atom. The molecule has 1 atom stereocenters. The Balaban J connectivity index is 1.84. The van der Waals surface area contributed by atoms with Crippen molar-refractivity contribution in [2.24, 2.45) is 0 Å². The number of hydrogen-bond donors (Lipinski definition) is 1. The zero-order chi connectivity index (χ0) is 15.2. The summed E-state index contributed by atoms with van der Waals surface area (Å²) in [5.41, 5.74) is 0. The third-order valence-electron chi connectivity index (χ3n) is 3.29. The van der Waals surface area contributed by atoms with E-state index in [-0.39, 0.29) is 12.5 Å². The molecule has 2 rings (SSSR count). The Morgan fingerprint density at radius 3 is 3.00 bits per heavy atom. The number of thioether (sulfide) groups is 1. The molecule has 1 aromatic rings. The van der Waals surface area contributed by atoms with E-state index in [0.29, 0.717) is 28.9 Å². The molecular weight excluding hydrogens is 333 g/mol. The van der Waals surface area contributed by atoms with Gasteiger partial charge in [0.1, 0.15) is 12.4 Å². The second kappa shape index (κ2) is 8.13. The first-order valence-corrected chi connectivity index (χ1v) is 8.59. The van der Waals surface area contributed by atoms with Crippen LogP contribution in [0.2, 0.25) is 10.0 Å². The summed E-state index contributed by atoms with van der Waals surface area (Å²) in [7, 11) is 0. The van der Waals surface area contributed by atoms with Crippen LogP contribution in [0.4, 0.5) is 0 Å². The number of nitrogens with zero attached hydrogens (tertiary/aromatic N) is 1. The second-order valence-electron chi connectivity index (χ2n) is 4.79.